The van der Waals surface area contributed by atoms with E-state index in [2.05, 4.69) is 5.32 Å². The fourth-order valence-corrected chi connectivity index (χ4v) is 3.71. The summed E-state index contributed by atoms with van der Waals surface area (Å²) in [7, 11) is 0. The van der Waals surface area contributed by atoms with E-state index in [1.54, 1.807) is 6.07 Å². The van der Waals surface area contributed by atoms with Crippen LogP contribution in [0.5, 0.6) is 0 Å². The van der Waals surface area contributed by atoms with Gasteiger partial charge in [-0.3, -0.25) is 9.59 Å². The fourth-order valence-electron chi connectivity index (χ4n) is 3.33. The van der Waals surface area contributed by atoms with Crippen molar-refractivity contribution in [2.45, 2.75) is 32.3 Å². The maximum Gasteiger partial charge on any atom is 0.253 e. The second kappa shape index (κ2) is 9.04. The average molecular weight is 403 g/mol. The average Bonchev–Trinajstić information content (AvgIpc) is 2.63. The van der Waals surface area contributed by atoms with Crippen LogP contribution in [0.15, 0.2) is 18.2 Å². The zero-order chi connectivity index (χ0) is 19.3. The summed E-state index contributed by atoms with van der Waals surface area (Å²) in [6, 6.07) is 4.53. The number of hydrogen-bond donors (Lipinski definition) is 3. The van der Waals surface area contributed by atoms with Crippen LogP contribution in [0.4, 0.5) is 0 Å². The number of nitrogens with zero attached hydrogens (tertiary/aromatic N) is 1. The van der Waals surface area contributed by atoms with Gasteiger partial charge in [0, 0.05) is 23.5 Å². The van der Waals surface area contributed by atoms with Crippen molar-refractivity contribution in [3.05, 3.63) is 33.8 Å². The van der Waals surface area contributed by atoms with Gasteiger partial charge in [-0.2, -0.15) is 0 Å². The van der Waals surface area contributed by atoms with Gasteiger partial charge in [-0.15, -0.1) is 0 Å². The van der Waals surface area contributed by atoms with E-state index in [9.17, 15) is 19.8 Å². The molecular formula is C18H24Cl2N2O4. The van der Waals surface area contributed by atoms with Gasteiger partial charge in [0.1, 0.15) is 0 Å². The first kappa shape index (κ1) is 21.0. The van der Waals surface area contributed by atoms with Crippen molar-refractivity contribution in [3.63, 3.8) is 0 Å². The van der Waals surface area contributed by atoms with E-state index in [0.717, 1.165) is 6.42 Å². The summed E-state index contributed by atoms with van der Waals surface area (Å²) in [6.45, 7) is 2.28. The molecule has 0 bridgehead atoms. The normalized spacial score (nSPS) is 23.0. The number of nitrogens with one attached hydrogen (secondary N) is 1. The van der Waals surface area contributed by atoms with Crippen molar-refractivity contribution < 1.29 is 19.8 Å². The lowest BCUT2D eigenvalue weighted by atomic mass is 9.73. The summed E-state index contributed by atoms with van der Waals surface area (Å²) >= 11 is 11.8. The van der Waals surface area contributed by atoms with E-state index in [0.29, 0.717) is 24.4 Å². The van der Waals surface area contributed by atoms with Crippen LogP contribution in [0.25, 0.3) is 0 Å². The number of carbonyl (C=O) groups excluding carboxylic acids is 2. The maximum atomic E-state index is 12.4. The number of aliphatic hydroxyl groups excluding tert-OH is 2. The molecule has 26 heavy (non-hydrogen) atoms. The van der Waals surface area contributed by atoms with Gasteiger partial charge >= 0.3 is 0 Å². The molecule has 1 fully saturated rings. The molecule has 8 heteroatoms. The van der Waals surface area contributed by atoms with Crippen LogP contribution in [0.1, 0.15) is 36.5 Å². The highest BCUT2D eigenvalue weighted by Gasteiger charge is 2.42. The van der Waals surface area contributed by atoms with Crippen LogP contribution in [0, 0.1) is 5.41 Å². The fraction of sp³-hybridized carbons (Fsp3) is 0.556. The summed E-state index contributed by atoms with van der Waals surface area (Å²) in [4.78, 5) is 26.1. The zero-order valence-corrected chi connectivity index (χ0v) is 16.2. The van der Waals surface area contributed by atoms with E-state index in [4.69, 9.17) is 23.2 Å². The minimum atomic E-state index is -0.789. The Balaban J connectivity index is 1.93. The Kier molecular flexibility index (Phi) is 7.29. The van der Waals surface area contributed by atoms with E-state index in [-0.39, 0.29) is 36.2 Å². The lowest BCUT2D eigenvalue weighted by Crippen LogP contribution is -2.55. The predicted octanol–water partition coefficient (Wildman–Crippen LogP) is 2.10. The summed E-state index contributed by atoms with van der Waals surface area (Å²) < 4.78 is 0. The largest absolute Gasteiger partial charge is 0.396 e. The van der Waals surface area contributed by atoms with Gasteiger partial charge in [0.05, 0.1) is 29.8 Å². The Hall–Kier alpha value is -1.34. The molecule has 1 aliphatic heterocycles. The summed E-state index contributed by atoms with van der Waals surface area (Å²) in [5, 5.41) is 23.3. The quantitative estimate of drug-likeness (QED) is 0.679. The molecule has 0 aliphatic carbocycles. The lowest BCUT2D eigenvalue weighted by molar-refractivity contribution is -0.140. The highest BCUT2D eigenvalue weighted by Crippen LogP contribution is 2.36. The van der Waals surface area contributed by atoms with Crippen molar-refractivity contribution in [2.75, 3.05) is 26.2 Å². The van der Waals surface area contributed by atoms with Crippen molar-refractivity contribution in [3.8, 4) is 0 Å². The molecule has 2 rings (SSSR count). The number of amides is 2. The Morgan fingerprint density at radius 2 is 2.12 bits per heavy atom. The molecule has 0 saturated carbocycles. The zero-order valence-electron chi connectivity index (χ0n) is 14.7. The molecular weight excluding hydrogens is 379 g/mol. The molecule has 1 saturated heterocycles. The van der Waals surface area contributed by atoms with Crippen LogP contribution >= 0.6 is 23.2 Å². The molecule has 0 radical (unpaired) electrons. The van der Waals surface area contributed by atoms with Crippen LogP contribution in [-0.4, -0.2) is 59.3 Å². The molecule has 144 valence electrons. The SMILES string of the molecule is CCC[C@]1(CO)CCN(C(=O)CNC(=O)c2cc(Cl)ccc2Cl)C[C@H]1O. The minimum absolute atomic E-state index is 0.103. The standard InChI is InChI=1S/C18H24Cl2N2O4/c1-2-5-18(11-23)6-7-22(10-15(18)24)16(25)9-21-17(26)13-8-12(19)3-4-14(13)20/h3-4,8,15,23-24H,2,5-7,9-11H2,1H3,(H,21,26)/t15-,18-/m1/s1. The molecule has 1 heterocycles. The highest BCUT2D eigenvalue weighted by molar-refractivity contribution is 6.35. The predicted molar refractivity (Wildman–Crippen MR) is 100 cm³/mol. The minimum Gasteiger partial charge on any atom is -0.396 e. The van der Waals surface area contributed by atoms with Crippen molar-refractivity contribution in [1.82, 2.24) is 10.2 Å². The topological polar surface area (TPSA) is 89.9 Å². The van der Waals surface area contributed by atoms with E-state index in [1.807, 2.05) is 6.92 Å². The highest BCUT2D eigenvalue weighted by atomic mass is 35.5. The van der Waals surface area contributed by atoms with Gasteiger partial charge < -0.3 is 20.4 Å². The molecule has 2 amide bonds. The Morgan fingerprint density at radius 3 is 2.73 bits per heavy atom. The van der Waals surface area contributed by atoms with Crippen LogP contribution < -0.4 is 5.32 Å². The Bertz CT molecular complexity index is 671. The lowest BCUT2D eigenvalue weighted by Gasteiger charge is -2.44. The van der Waals surface area contributed by atoms with E-state index >= 15 is 0 Å². The number of rotatable bonds is 6. The van der Waals surface area contributed by atoms with Crippen molar-refractivity contribution in [2.24, 2.45) is 5.41 Å². The number of hydrogen-bond acceptors (Lipinski definition) is 4. The second-order valence-electron chi connectivity index (χ2n) is 6.68. The molecule has 3 N–H and O–H groups in total. The first-order valence-corrected chi connectivity index (χ1v) is 9.38. The van der Waals surface area contributed by atoms with Gasteiger partial charge in [0.2, 0.25) is 5.91 Å². The first-order valence-electron chi connectivity index (χ1n) is 8.63. The van der Waals surface area contributed by atoms with Gasteiger partial charge in [-0.05, 0) is 31.0 Å². The summed E-state index contributed by atoms with van der Waals surface area (Å²) in [6.07, 6.45) is 1.29. The number of aliphatic hydroxyl groups is 2. The maximum absolute atomic E-state index is 12.4. The molecule has 6 nitrogen and oxygen atoms in total. The number of benzene rings is 1. The van der Waals surface area contributed by atoms with Crippen LogP contribution in [0.2, 0.25) is 10.0 Å². The number of likely N-dealkylation sites (tertiary alicyclic amines) is 1. The smallest absolute Gasteiger partial charge is 0.253 e. The van der Waals surface area contributed by atoms with Crippen LogP contribution in [-0.2, 0) is 4.79 Å². The van der Waals surface area contributed by atoms with Gasteiger partial charge in [-0.25, -0.2) is 0 Å². The first-order chi connectivity index (χ1) is 12.3. The number of carbonyl (C=O) groups is 2. The Labute approximate surface area is 163 Å². The molecule has 0 spiro atoms. The van der Waals surface area contributed by atoms with Gasteiger partial charge in [0.15, 0.2) is 0 Å². The molecule has 1 aliphatic rings. The third kappa shape index (κ3) is 4.68. The third-order valence-corrected chi connectivity index (χ3v) is 5.53. The molecule has 0 aromatic heterocycles. The van der Waals surface area contributed by atoms with Gasteiger partial charge in [0.25, 0.3) is 5.91 Å². The van der Waals surface area contributed by atoms with E-state index < -0.39 is 17.4 Å². The molecule has 2 atom stereocenters. The molecule has 1 aromatic rings. The monoisotopic (exact) mass is 402 g/mol. The van der Waals surface area contributed by atoms with E-state index in [1.165, 1.54) is 17.0 Å². The number of piperidine rings is 1. The number of halogens is 2. The van der Waals surface area contributed by atoms with Crippen LogP contribution in [0.3, 0.4) is 0 Å². The van der Waals surface area contributed by atoms with Crippen molar-refractivity contribution >= 4 is 35.0 Å². The molecule has 0 unspecified atom stereocenters. The summed E-state index contributed by atoms with van der Waals surface area (Å²) in [5.41, 5.74) is -0.351. The second-order valence-corrected chi connectivity index (χ2v) is 7.53. The van der Waals surface area contributed by atoms with Gasteiger partial charge in [-0.1, -0.05) is 36.5 Å². The Morgan fingerprint density at radius 1 is 1.38 bits per heavy atom. The summed E-state index contributed by atoms with van der Waals surface area (Å²) in [5.74, 6) is -0.780. The van der Waals surface area contributed by atoms with Crippen molar-refractivity contribution in [1.29, 1.82) is 0 Å². The number of β-amino-alcohol motifs (C(OH)–C–C–N with tert-alkyl or cyclic N) is 1. The molecule has 1 aromatic carbocycles. The third-order valence-electron chi connectivity index (χ3n) is 4.97.